The molecule has 0 aliphatic carbocycles. The molecule has 3 heteroatoms. The third-order valence-corrected chi connectivity index (χ3v) is 3.22. The summed E-state index contributed by atoms with van der Waals surface area (Å²) >= 11 is 0. The summed E-state index contributed by atoms with van der Waals surface area (Å²) in [6.07, 6.45) is 1.06. The van der Waals surface area contributed by atoms with E-state index in [4.69, 9.17) is 9.47 Å². The van der Waals surface area contributed by atoms with Gasteiger partial charge in [0, 0.05) is 11.6 Å². The first-order chi connectivity index (χ1) is 8.63. The van der Waals surface area contributed by atoms with Gasteiger partial charge in [0.15, 0.2) is 0 Å². The van der Waals surface area contributed by atoms with Gasteiger partial charge in [-0.25, -0.2) is 0 Å². The van der Waals surface area contributed by atoms with Gasteiger partial charge in [0.1, 0.15) is 11.5 Å². The number of rotatable bonds is 7. The molecule has 0 aliphatic heterocycles. The van der Waals surface area contributed by atoms with Crippen molar-refractivity contribution in [2.45, 2.75) is 39.2 Å². The Kier molecular flexibility index (Phi) is 5.99. The third kappa shape index (κ3) is 3.64. The summed E-state index contributed by atoms with van der Waals surface area (Å²) in [5, 5.41) is 3.44. The summed E-state index contributed by atoms with van der Waals surface area (Å²) in [5.41, 5.74) is 1.16. The Morgan fingerprint density at radius 2 is 1.67 bits per heavy atom. The first-order valence-electron chi connectivity index (χ1n) is 6.58. The molecule has 0 aromatic heterocycles. The lowest BCUT2D eigenvalue weighted by molar-refractivity contribution is 0.373. The molecular formula is C15H25NO2. The van der Waals surface area contributed by atoms with Gasteiger partial charge in [-0.2, -0.15) is 0 Å². The molecule has 1 N–H and O–H groups in total. The molecule has 0 fully saturated rings. The standard InChI is InChI=1S/C15H25NO2/c1-6-16-12(3)10-11(2)15-13(17-4)8-7-9-14(15)18-5/h7-9,11-12,16H,6,10H2,1-5H3. The van der Waals surface area contributed by atoms with Gasteiger partial charge in [-0.1, -0.05) is 19.9 Å². The lowest BCUT2D eigenvalue weighted by Crippen LogP contribution is -2.27. The second kappa shape index (κ2) is 7.27. The third-order valence-electron chi connectivity index (χ3n) is 3.22. The zero-order valence-electron chi connectivity index (χ0n) is 12.1. The van der Waals surface area contributed by atoms with Crippen LogP contribution in [-0.4, -0.2) is 26.8 Å². The Morgan fingerprint density at radius 3 is 2.11 bits per heavy atom. The van der Waals surface area contributed by atoms with Gasteiger partial charge < -0.3 is 14.8 Å². The van der Waals surface area contributed by atoms with E-state index in [1.807, 2.05) is 18.2 Å². The molecule has 1 aromatic carbocycles. The zero-order valence-corrected chi connectivity index (χ0v) is 12.1. The van der Waals surface area contributed by atoms with Gasteiger partial charge in [0.25, 0.3) is 0 Å². The molecule has 1 rings (SSSR count). The van der Waals surface area contributed by atoms with E-state index in [0.717, 1.165) is 30.0 Å². The molecule has 0 amide bonds. The Labute approximate surface area is 110 Å². The first-order valence-corrected chi connectivity index (χ1v) is 6.58. The first kappa shape index (κ1) is 14.8. The molecule has 0 radical (unpaired) electrons. The summed E-state index contributed by atoms with van der Waals surface area (Å²) in [5.74, 6) is 2.21. The van der Waals surface area contributed by atoms with Crippen LogP contribution in [0.3, 0.4) is 0 Å². The Balaban J connectivity index is 2.92. The van der Waals surface area contributed by atoms with Crippen molar-refractivity contribution in [3.8, 4) is 11.5 Å². The topological polar surface area (TPSA) is 30.5 Å². The highest BCUT2D eigenvalue weighted by Crippen LogP contribution is 2.37. The number of methoxy groups -OCH3 is 2. The molecule has 0 spiro atoms. The number of ether oxygens (including phenoxy) is 2. The van der Waals surface area contributed by atoms with Crippen molar-refractivity contribution in [1.82, 2.24) is 5.32 Å². The van der Waals surface area contributed by atoms with Crippen molar-refractivity contribution in [2.24, 2.45) is 0 Å². The fraction of sp³-hybridized carbons (Fsp3) is 0.600. The minimum Gasteiger partial charge on any atom is -0.496 e. The van der Waals surface area contributed by atoms with Crippen LogP contribution in [0, 0.1) is 0 Å². The summed E-state index contributed by atoms with van der Waals surface area (Å²) in [7, 11) is 3.41. The van der Waals surface area contributed by atoms with E-state index in [-0.39, 0.29) is 0 Å². The van der Waals surface area contributed by atoms with E-state index in [9.17, 15) is 0 Å². The van der Waals surface area contributed by atoms with Crippen LogP contribution in [0.15, 0.2) is 18.2 Å². The molecule has 2 unspecified atom stereocenters. The molecule has 0 saturated carbocycles. The van der Waals surface area contributed by atoms with Crippen LogP contribution in [0.25, 0.3) is 0 Å². The van der Waals surface area contributed by atoms with Crippen molar-refractivity contribution in [1.29, 1.82) is 0 Å². The average Bonchev–Trinajstić information content (AvgIpc) is 2.37. The fourth-order valence-corrected chi connectivity index (χ4v) is 2.45. The minimum atomic E-state index is 0.394. The Bertz CT molecular complexity index is 343. The quantitative estimate of drug-likeness (QED) is 0.807. The van der Waals surface area contributed by atoms with E-state index in [1.165, 1.54) is 0 Å². The van der Waals surface area contributed by atoms with Crippen molar-refractivity contribution in [3.05, 3.63) is 23.8 Å². The molecule has 2 atom stereocenters. The lowest BCUT2D eigenvalue weighted by atomic mass is 9.92. The van der Waals surface area contributed by atoms with E-state index in [1.54, 1.807) is 14.2 Å². The number of hydrogen-bond acceptors (Lipinski definition) is 3. The summed E-state index contributed by atoms with van der Waals surface area (Å²) in [6, 6.07) is 6.43. The molecule has 3 nitrogen and oxygen atoms in total. The summed E-state index contributed by atoms with van der Waals surface area (Å²) in [4.78, 5) is 0. The van der Waals surface area contributed by atoms with Crippen LogP contribution in [0.1, 0.15) is 38.7 Å². The maximum Gasteiger partial charge on any atom is 0.126 e. The molecule has 0 aliphatic rings. The highest BCUT2D eigenvalue weighted by molar-refractivity contribution is 5.47. The highest BCUT2D eigenvalue weighted by atomic mass is 16.5. The molecule has 0 bridgehead atoms. The minimum absolute atomic E-state index is 0.394. The van der Waals surface area contributed by atoms with Gasteiger partial charge >= 0.3 is 0 Å². The van der Waals surface area contributed by atoms with Crippen molar-refractivity contribution in [2.75, 3.05) is 20.8 Å². The van der Waals surface area contributed by atoms with Crippen LogP contribution in [0.5, 0.6) is 11.5 Å². The van der Waals surface area contributed by atoms with Crippen LogP contribution in [0.4, 0.5) is 0 Å². The van der Waals surface area contributed by atoms with Crippen molar-refractivity contribution in [3.63, 3.8) is 0 Å². The lowest BCUT2D eigenvalue weighted by Gasteiger charge is -2.22. The number of hydrogen-bond donors (Lipinski definition) is 1. The van der Waals surface area contributed by atoms with Gasteiger partial charge in [0.05, 0.1) is 14.2 Å². The second-order valence-corrected chi connectivity index (χ2v) is 4.67. The SMILES string of the molecule is CCNC(C)CC(C)c1c(OC)cccc1OC. The van der Waals surface area contributed by atoms with E-state index in [0.29, 0.717) is 12.0 Å². The Hall–Kier alpha value is -1.22. The van der Waals surface area contributed by atoms with Gasteiger partial charge in [0.2, 0.25) is 0 Å². The van der Waals surface area contributed by atoms with E-state index >= 15 is 0 Å². The van der Waals surface area contributed by atoms with Gasteiger partial charge in [-0.05, 0) is 37.9 Å². The van der Waals surface area contributed by atoms with Crippen LogP contribution in [-0.2, 0) is 0 Å². The smallest absolute Gasteiger partial charge is 0.126 e. The Morgan fingerprint density at radius 1 is 1.11 bits per heavy atom. The molecule has 18 heavy (non-hydrogen) atoms. The predicted molar refractivity (Wildman–Crippen MR) is 75.7 cm³/mol. The molecule has 1 aromatic rings. The van der Waals surface area contributed by atoms with Crippen molar-refractivity contribution >= 4 is 0 Å². The molecule has 102 valence electrons. The molecule has 0 heterocycles. The summed E-state index contributed by atoms with van der Waals surface area (Å²) < 4.78 is 10.9. The molecular weight excluding hydrogens is 226 g/mol. The monoisotopic (exact) mass is 251 g/mol. The molecule has 0 saturated heterocycles. The summed E-state index contributed by atoms with van der Waals surface area (Å²) in [6.45, 7) is 7.55. The average molecular weight is 251 g/mol. The predicted octanol–water partition coefficient (Wildman–Crippen LogP) is 3.20. The van der Waals surface area contributed by atoms with Crippen LogP contribution >= 0.6 is 0 Å². The number of benzene rings is 1. The number of nitrogens with one attached hydrogen (secondary N) is 1. The van der Waals surface area contributed by atoms with Gasteiger partial charge in [-0.15, -0.1) is 0 Å². The highest BCUT2D eigenvalue weighted by Gasteiger charge is 2.18. The second-order valence-electron chi connectivity index (χ2n) is 4.67. The largest absolute Gasteiger partial charge is 0.496 e. The zero-order chi connectivity index (χ0) is 13.5. The van der Waals surface area contributed by atoms with Gasteiger partial charge in [-0.3, -0.25) is 0 Å². The van der Waals surface area contributed by atoms with Crippen LogP contribution in [0.2, 0.25) is 0 Å². The maximum absolute atomic E-state index is 5.45. The van der Waals surface area contributed by atoms with Crippen molar-refractivity contribution < 1.29 is 9.47 Å². The van der Waals surface area contributed by atoms with E-state index in [2.05, 4.69) is 26.1 Å². The van der Waals surface area contributed by atoms with Crippen LogP contribution < -0.4 is 14.8 Å². The maximum atomic E-state index is 5.45. The normalized spacial score (nSPS) is 14.1. The fourth-order valence-electron chi connectivity index (χ4n) is 2.45. The van der Waals surface area contributed by atoms with E-state index < -0.39 is 0 Å².